The SMILES string of the molecule is COc1cc(N2CCC(CN3CCN(c4ccc5c(c4)CN([C@H]4CCC(=O)NC4=O)C5=O)CC3)CC2)ccc1[C@H]1c2ccc(O)cc2CC[C@H]1c1ccccc1. The Labute approximate surface area is 329 Å². The lowest BCUT2D eigenvalue weighted by atomic mass is 9.69. The summed E-state index contributed by atoms with van der Waals surface area (Å²) in [6.07, 6.45) is 4.90. The van der Waals surface area contributed by atoms with E-state index in [0.29, 0.717) is 36.1 Å². The molecule has 0 bridgehead atoms. The lowest BCUT2D eigenvalue weighted by Gasteiger charge is -2.40. The molecule has 4 aromatic carbocycles. The number of aryl methyl sites for hydroxylation is 1. The van der Waals surface area contributed by atoms with Crippen molar-refractivity contribution in [3.8, 4) is 11.5 Å². The van der Waals surface area contributed by atoms with Crippen LogP contribution in [-0.2, 0) is 22.6 Å². The first-order valence-electron chi connectivity index (χ1n) is 20.4. The monoisotopic (exact) mass is 753 g/mol. The van der Waals surface area contributed by atoms with Gasteiger partial charge >= 0.3 is 0 Å². The Morgan fingerprint density at radius 2 is 1.46 bits per heavy atom. The number of ether oxygens (including phenoxy) is 1. The van der Waals surface area contributed by atoms with E-state index in [0.717, 1.165) is 88.5 Å². The van der Waals surface area contributed by atoms with Crippen LogP contribution in [0.3, 0.4) is 0 Å². The summed E-state index contributed by atoms with van der Waals surface area (Å²) in [5.41, 5.74) is 8.99. The maximum absolute atomic E-state index is 13.2. The van der Waals surface area contributed by atoms with E-state index in [4.69, 9.17) is 4.74 Å². The van der Waals surface area contributed by atoms with Gasteiger partial charge in [-0.05, 0) is 103 Å². The number of fused-ring (bicyclic) bond motifs is 2. The first-order chi connectivity index (χ1) is 27.3. The van der Waals surface area contributed by atoms with Gasteiger partial charge in [0.25, 0.3) is 5.91 Å². The third kappa shape index (κ3) is 7.00. The van der Waals surface area contributed by atoms with Crippen molar-refractivity contribution in [3.63, 3.8) is 0 Å². The topological polar surface area (TPSA) is 106 Å². The molecule has 3 amide bonds. The molecule has 2 N–H and O–H groups in total. The number of carbonyl (C=O) groups excluding carboxylic acids is 3. The Balaban J connectivity index is 0.805. The van der Waals surface area contributed by atoms with Gasteiger partial charge in [-0.15, -0.1) is 0 Å². The molecule has 0 unspecified atom stereocenters. The molecule has 290 valence electrons. The number of piperazine rings is 1. The molecular formula is C46H51N5O5. The van der Waals surface area contributed by atoms with Crippen molar-refractivity contribution < 1.29 is 24.2 Å². The zero-order valence-electron chi connectivity index (χ0n) is 32.2. The average molecular weight is 754 g/mol. The van der Waals surface area contributed by atoms with E-state index in [1.165, 1.54) is 27.9 Å². The number of amides is 3. The number of phenols is 1. The fourth-order valence-electron chi connectivity index (χ4n) is 10.1. The van der Waals surface area contributed by atoms with Crippen LogP contribution in [0, 0.1) is 5.92 Å². The first-order valence-corrected chi connectivity index (χ1v) is 20.4. The molecule has 4 heterocycles. The maximum atomic E-state index is 13.2. The molecule has 0 spiro atoms. The number of piperidine rings is 2. The summed E-state index contributed by atoms with van der Waals surface area (Å²) in [5.74, 6) is 1.60. The van der Waals surface area contributed by atoms with Crippen LogP contribution in [0.5, 0.6) is 11.5 Å². The molecular weight excluding hydrogens is 703 g/mol. The second kappa shape index (κ2) is 15.3. The Hall–Kier alpha value is -5.35. The quantitative estimate of drug-likeness (QED) is 0.210. The molecule has 56 heavy (non-hydrogen) atoms. The second-order valence-corrected chi connectivity index (χ2v) is 16.3. The summed E-state index contributed by atoms with van der Waals surface area (Å²) in [4.78, 5) is 46.5. The summed E-state index contributed by atoms with van der Waals surface area (Å²) in [6, 6.07) is 29.0. The zero-order valence-corrected chi connectivity index (χ0v) is 32.2. The van der Waals surface area contributed by atoms with Crippen LogP contribution in [-0.4, -0.2) is 91.6 Å². The number of aromatic hydroxyl groups is 1. The predicted molar refractivity (Wildman–Crippen MR) is 217 cm³/mol. The van der Waals surface area contributed by atoms with Gasteiger partial charge in [-0.25, -0.2) is 0 Å². The lowest BCUT2D eigenvalue weighted by molar-refractivity contribution is -0.136. The highest BCUT2D eigenvalue weighted by Crippen LogP contribution is 2.50. The van der Waals surface area contributed by atoms with Gasteiger partial charge in [0.1, 0.15) is 17.5 Å². The van der Waals surface area contributed by atoms with E-state index in [2.05, 4.69) is 80.7 Å². The van der Waals surface area contributed by atoms with Gasteiger partial charge in [-0.3, -0.25) is 24.6 Å². The van der Waals surface area contributed by atoms with E-state index in [9.17, 15) is 19.5 Å². The fourth-order valence-corrected chi connectivity index (χ4v) is 10.1. The van der Waals surface area contributed by atoms with Crippen LogP contribution in [0.25, 0.3) is 0 Å². The number of benzene rings is 4. The molecule has 3 saturated heterocycles. The second-order valence-electron chi connectivity index (χ2n) is 16.3. The number of anilines is 2. The van der Waals surface area contributed by atoms with Crippen molar-refractivity contribution in [2.45, 2.75) is 62.9 Å². The standard InChI is InChI=1S/C46H51N5O5/c1-56-42-27-35(9-13-40(42)44-37(31-5-3-2-4-6-31)11-7-32-26-36(52)10-14-38(32)44)49-19-17-30(18-20-49)28-48-21-23-50(24-22-48)34-8-12-39-33(25-34)29-51(46(39)55)41-15-16-43(53)47-45(41)54/h2-6,8-10,12-14,25-27,30,37,41,44,52H,7,11,15-24,28-29H2,1H3,(H,47,53,54)/t37-,41-,44+/m0/s1. The molecule has 10 heteroatoms. The minimum atomic E-state index is -0.592. The highest BCUT2D eigenvalue weighted by molar-refractivity contribution is 6.05. The number of rotatable bonds is 8. The van der Waals surface area contributed by atoms with Crippen molar-refractivity contribution in [2.75, 3.05) is 62.7 Å². The van der Waals surface area contributed by atoms with Gasteiger partial charge in [0.15, 0.2) is 0 Å². The molecule has 3 fully saturated rings. The molecule has 1 aliphatic carbocycles. The number of methoxy groups -OCH3 is 1. The van der Waals surface area contributed by atoms with E-state index in [1.807, 2.05) is 24.3 Å². The molecule has 9 rings (SSSR count). The van der Waals surface area contributed by atoms with E-state index in [-0.39, 0.29) is 30.1 Å². The van der Waals surface area contributed by atoms with Gasteiger partial charge in [-0.2, -0.15) is 0 Å². The molecule has 0 radical (unpaired) electrons. The first kappa shape index (κ1) is 36.3. The third-order valence-corrected chi connectivity index (χ3v) is 13.1. The van der Waals surface area contributed by atoms with E-state index >= 15 is 0 Å². The Kier molecular flexibility index (Phi) is 9.91. The van der Waals surface area contributed by atoms with Crippen LogP contribution in [0.15, 0.2) is 84.9 Å². The van der Waals surface area contributed by atoms with E-state index < -0.39 is 6.04 Å². The Morgan fingerprint density at radius 3 is 2.23 bits per heavy atom. The summed E-state index contributed by atoms with van der Waals surface area (Å²) in [6.45, 7) is 7.44. The number of hydrogen-bond donors (Lipinski definition) is 2. The number of imide groups is 1. The van der Waals surface area contributed by atoms with Crippen LogP contribution in [0.2, 0.25) is 0 Å². The fraction of sp³-hybridized carbons (Fsp3) is 0.413. The zero-order chi connectivity index (χ0) is 38.3. The Bertz CT molecular complexity index is 2120. The molecule has 0 aromatic heterocycles. The average Bonchev–Trinajstić information content (AvgIpc) is 3.55. The van der Waals surface area contributed by atoms with Crippen molar-refractivity contribution in [1.29, 1.82) is 0 Å². The van der Waals surface area contributed by atoms with E-state index in [1.54, 1.807) is 12.0 Å². The Morgan fingerprint density at radius 1 is 0.732 bits per heavy atom. The molecule has 4 aromatic rings. The minimum absolute atomic E-state index is 0.127. The molecule has 5 aliphatic rings. The lowest BCUT2D eigenvalue weighted by Crippen LogP contribution is -2.52. The van der Waals surface area contributed by atoms with Crippen molar-refractivity contribution in [2.24, 2.45) is 5.92 Å². The van der Waals surface area contributed by atoms with Crippen LogP contribution in [0.1, 0.15) is 82.1 Å². The predicted octanol–water partition coefficient (Wildman–Crippen LogP) is 6.06. The summed E-state index contributed by atoms with van der Waals surface area (Å²) in [5, 5.41) is 12.7. The normalized spacial score (nSPS) is 23.2. The summed E-state index contributed by atoms with van der Waals surface area (Å²) in [7, 11) is 1.79. The third-order valence-electron chi connectivity index (χ3n) is 13.1. The van der Waals surface area contributed by atoms with Crippen LogP contribution < -0.4 is 19.9 Å². The molecule has 3 atom stereocenters. The van der Waals surface area contributed by atoms with Crippen LogP contribution >= 0.6 is 0 Å². The van der Waals surface area contributed by atoms with Crippen molar-refractivity contribution >= 4 is 29.1 Å². The summed E-state index contributed by atoms with van der Waals surface area (Å²) >= 11 is 0. The van der Waals surface area contributed by atoms with Crippen molar-refractivity contribution in [3.05, 3.63) is 118 Å². The van der Waals surface area contributed by atoms with Gasteiger partial charge in [0.05, 0.1) is 7.11 Å². The smallest absolute Gasteiger partial charge is 0.255 e. The number of nitrogens with one attached hydrogen (secondary N) is 1. The largest absolute Gasteiger partial charge is 0.508 e. The maximum Gasteiger partial charge on any atom is 0.255 e. The molecule has 10 nitrogen and oxygen atoms in total. The molecule has 0 saturated carbocycles. The highest BCUT2D eigenvalue weighted by atomic mass is 16.5. The van der Waals surface area contributed by atoms with Crippen molar-refractivity contribution in [1.82, 2.24) is 15.1 Å². The van der Waals surface area contributed by atoms with Crippen LogP contribution in [0.4, 0.5) is 11.4 Å². The van der Waals surface area contributed by atoms with Gasteiger partial charge in [-0.1, -0.05) is 42.5 Å². The van der Waals surface area contributed by atoms with Gasteiger partial charge < -0.3 is 24.5 Å². The number of hydrogen-bond acceptors (Lipinski definition) is 8. The number of nitrogens with zero attached hydrogens (tertiary/aromatic N) is 4. The van der Waals surface area contributed by atoms with Gasteiger partial charge in [0.2, 0.25) is 11.8 Å². The molecule has 4 aliphatic heterocycles. The van der Waals surface area contributed by atoms with Gasteiger partial charge in [0, 0.05) is 93.3 Å². The number of carbonyl (C=O) groups is 3. The minimum Gasteiger partial charge on any atom is -0.508 e. The summed E-state index contributed by atoms with van der Waals surface area (Å²) < 4.78 is 6.15. The highest BCUT2D eigenvalue weighted by Gasteiger charge is 2.40. The number of phenolic OH excluding ortho intramolecular Hbond substituents is 1.